The molecule has 2 aliphatic rings. The van der Waals surface area contributed by atoms with Crippen molar-refractivity contribution in [2.45, 2.75) is 44.9 Å². The van der Waals surface area contributed by atoms with E-state index in [1.807, 2.05) is 12.1 Å². The summed E-state index contributed by atoms with van der Waals surface area (Å²) in [7, 11) is 0. The van der Waals surface area contributed by atoms with Crippen LogP contribution in [0.2, 0.25) is 0 Å². The lowest BCUT2D eigenvalue weighted by Crippen LogP contribution is -2.15. The first-order chi connectivity index (χ1) is 34.6. The van der Waals surface area contributed by atoms with Gasteiger partial charge in [0.25, 0.3) is 0 Å². The number of para-hydroxylation sites is 4. The second-order valence-corrected chi connectivity index (χ2v) is 21.0. The summed E-state index contributed by atoms with van der Waals surface area (Å²) in [5.41, 5.74) is 28.0. The molecule has 2 N–H and O–H groups in total. The predicted octanol–water partition coefficient (Wildman–Crippen LogP) is 17.8. The number of nitrogens with zero attached hydrogens (tertiary/aromatic N) is 2. The molecule has 0 amide bonds. The summed E-state index contributed by atoms with van der Waals surface area (Å²) < 4.78 is 5.81. The molecule has 0 aliphatic heterocycles. The van der Waals surface area contributed by atoms with Crippen molar-refractivity contribution < 1.29 is 0 Å². The van der Waals surface area contributed by atoms with Gasteiger partial charge in [0.15, 0.2) is 0 Å². The Hall–Kier alpha value is -7.92. The number of rotatable bonds is 4. The lowest BCUT2D eigenvalue weighted by atomic mass is 9.81. The van der Waals surface area contributed by atoms with Crippen molar-refractivity contribution in [2.75, 3.05) is 5.73 Å². The molecule has 71 heavy (non-hydrogen) atoms. The van der Waals surface area contributed by atoms with Crippen molar-refractivity contribution in [1.29, 1.82) is 0 Å². The SMILES string of the molecule is Brc1ccc2c(c1)c1ccccc1n2-c1ccccc1.CC1(C)c2ccccc2-c2ccc(Cc3ccc4c(c3)c3ccccc3n4-c3ccccc3)cc21.CC1(C)c2ccccc2-c2ccc(N)cc21. The zero-order valence-electron chi connectivity index (χ0n) is 40.5. The normalized spacial score (nSPS) is 13.5. The molecule has 14 rings (SSSR count). The van der Waals surface area contributed by atoms with Gasteiger partial charge in [0.05, 0.1) is 22.1 Å². The van der Waals surface area contributed by atoms with Gasteiger partial charge in [-0.05, 0) is 141 Å². The van der Waals surface area contributed by atoms with Crippen molar-refractivity contribution in [2.24, 2.45) is 0 Å². The maximum Gasteiger partial charge on any atom is 0.0541 e. The van der Waals surface area contributed by atoms with Crippen molar-refractivity contribution in [1.82, 2.24) is 9.13 Å². The highest BCUT2D eigenvalue weighted by Gasteiger charge is 2.36. The van der Waals surface area contributed by atoms with Gasteiger partial charge in [-0.25, -0.2) is 0 Å². The van der Waals surface area contributed by atoms with Crippen LogP contribution in [0.4, 0.5) is 5.69 Å². The zero-order chi connectivity index (χ0) is 48.4. The Bertz CT molecular complexity index is 3990. The molecule has 10 aromatic carbocycles. The average Bonchev–Trinajstić information content (AvgIpc) is 4.05. The first-order valence-corrected chi connectivity index (χ1v) is 25.4. The standard InChI is InChI=1S/C34H27N.C18H12BrN.C15H15N/c1-34(2)30-14-8-6-12-26(30)27-18-16-24(22-31(27)34)20-23-17-19-33-29(21-23)28-13-7-9-15-32(28)35(33)25-10-4-3-5-11-25;19-13-10-11-18-16(12-13)15-8-4-5-9-17(15)20(18)14-6-2-1-3-7-14;1-15(2)13-6-4-3-5-11(13)12-8-7-10(16)9-14(12)15/h3-19,21-22H,20H2,1-2H3;1-12H;3-9H,16H2,1-2H3. The highest BCUT2D eigenvalue weighted by molar-refractivity contribution is 9.10. The van der Waals surface area contributed by atoms with Crippen LogP contribution in [0.25, 0.3) is 77.2 Å². The van der Waals surface area contributed by atoms with E-state index in [9.17, 15) is 0 Å². The van der Waals surface area contributed by atoms with Gasteiger partial charge in [-0.1, -0.05) is 195 Å². The second-order valence-electron chi connectivity index (χ2n) is 20.1. The van der Waals surface area contributed by atoms with Crippen LogP contribution in [0.3, 0.4) is 0 Å². The molecule has 3 nitrogen and oxygen atoms in total. The van der Waals surface area contributed by atoms with Crippen molar-refractivity contribution in [3.63, 3.8) is 0 Å². The summed E-state index contributed by atoms with van der Waals surface area (Å²) in [5, 5.41) is 5.18. The Balaban J connectivity index is 0.000000121. The van der Waals surface area contributed by atoms with Gasteiger partial charge in [-0.15, -0.1) is 0 Å². The third-order valence-corrected chi connectivity index (χ3v) is 15.6. The van der Waals surface area contributed by atoms with Gasteiger partial charge in [-0.3, -0.25) is 0 Å². The number of fused-ring (bicyclic) bond motifs is 12. The first-order valence-electron chi connectivity index (χ1n) is 24.6. The van der Waals surface area contributed by atoms with Crippen molar-refractivity contribution >= 4 is 65.2 Å². The number of hydrogen-bond acceptors (Lipinski definition) is 1. The van der Waals surface area contributed by atoms with E-state index in [-0.39, 0.29) is 10.8 Å². The fraction of sp³-hybridized carbons (Fsp3) is 0.104. The first kappa shape index (κ1) is 44.3. The Morgan fingerprint density at radius 1 is 0.352 bits per heavy atom. The number of nitrogens with two attached hydrogens (primary N) is 1. The molecular formula is C67H54BrN3. The Morgan fingerprint density at radius 3 is 1.34 bits per heavy atom. The Labute approximate surface area is 424 Å². The molecule has 2 heterocycles. The number of hydrogen-bond donors (Lipinski definition) is 1. The van der Waals surface area contributed by atoms with Crippen LogP contribution in [-0.4, -0.2) is 9.13 Å². The number of anilines is 1. The van der Waals surface area contributed by atoms with Crippen LogP contribution in [0.15, 0.2) is 235 Å². The minimum atomic E-state index is 0.0367. The van der Waals surface area contributed by atoms with E-state index in [0.29, 0.717) is 0 Å². The van der Waals surface area contributed by atoms with Crippen LogP contribution >= 0.6 is 15.9 Å². The molecule has 0 bridgehead atoms. The van der Waals surface area contributed by atoms with Crippen LogP contribution in [0.1, 0.15) is 61.1 Å². The minimum Gasteiger partial charge on any atom is -0.399 e. The van der Waals surface area contributed by atoms with Gasteiger partial charge >= 0.3 is 0 Å². The van der Waals surface area contributed by atoms with Gasteiger partial charge in [0.2, 0.25) is 0 Å². The van der Waals surface area contributed by atoms with Crippen LogP contribution in [0, 0.1) is 0 Å². The number of benzene rings is 10. The molecule has 0 saturated heterocycles. The maximum absolute atomic E-state index is 5.89. The number of aromatic nitrogens is 2. The predicted molar refractivity (Wildman–Crippen MR) is 304 cm³/mol. The van der Waals surface area contributed by atoms with E-state index in [1.54, 1.807) is 0 Å². The quantitative estimate of drug-likeness (QED) is 0.175. The summed E-state index contributed by atoms with van der Waals surface area (Å²) in [5.74, 6) is 0. The molecule has 12 aromatic rings. The molecule has 0 atom stereocenters. The third kappa shape index (κ3) is 7.57. The summed E-state index contributed by atoms with van der Waals surface area (Å²) >= 11 is 3.57. The van der Waals surface area contributed by atoms with E-state index >= 15 is 0 Å². The van der Waals surface area contributed by atoms with E-state index < -0.39 is 0 Å². The molecule has 0 unspecified atom stereocenters. The van der Waals surface area contributed by atoms with E-state index in [2.05, 4.69) is 271 Å². The molecule has 4 heteroatoms. The molecular weight excluding hydrogens is 927 g/mol. The highest BCUT2D eigenvalue weighted by Crippen LogP contribution is 2.50. The van der Waals surface area contributed by atoms with E-state index in [4.69, 9.17) is 5.73 Å². The summed E-state index contributed by atoms with van der Waals surface area (Å²) in [6.45, 7) is 9.23. The van der Waals surface area contributed by atoms with Gasteiger partial charge in [-0.2, -0.15) is 0 Å². The van der Waals surface area contributed by atoms with Gasteiger partial charge in [0, 0.05) is 53.9 Å². The topological polar surface area (TPSA) is 35.9 Å². The number of halogens is 1. The van der Waals surface area contributed by atoms with Crippen molar-refractivity contribution in [3.05, 3.63) is 268 Å². The second kappa shape index (κ2) is 17.5. The monoisotopic (exact) mass is 979 g/mol. The molecule has 0 spiro atoms. The van der Waals surface area contributed by atoms with Crippen LogP contribution in [-0.2, 0) is 17.3 Å². The third-order valence-electron chi connectivity index (χ3n) is 15.1. The largest absolute Gasteiger partial charge is 0.399 e. The molecule has 0 fully saturated rings. The summed E-state index contributed by atoms with van der Waals surface area (Å²) in [6, 6.07) is 82.7. The maximum atomic E-state index is 5.89. The van der Waals surface area contributed by atoms with E-state index in [1.165, 1.54) is 111 Å². The van der Waals surface area contributed by atoms with Crippen LogP contribution < -0.4 is 5.73 Å². The van der Waals surface area contributed by atoms with Gasteiger partial charge < -0.3 is 14.9 Å². The molecule has 2 aliphatic carbocycles. The van der Waals surface area contributed by atoms with E-state index in [0.717, 1.165) is 16.6 Å². The highest BCUT2D eigenvalue weighted by atomic mass is 79.9. The summed E-state index contributed by atoms with van der Waals surface area (Å²) in [6.07, 6.45) is 0.931. The van der Waals surface area contributed by atoms with Gasteiger partial charge in [0.1, 0.15) is 0 Å². The lowest BCUT2D eigenvalue weighted by Gasteiger charge is -2.22. The van der Waals surface area contributed by atoms with Crippen LogP contribution in [0.5, 0.6) is 0 Å². The molecule has 0 saturated carbocycles. The molecule has 2 aromatic heterocycles. The summed E-state index contributed by atoms with van der Waals surface area (Å²) in [4.78, 5) is 0. The average molecular weight is 981 g/mol. The zero-order valence-corrected chi connectivity index (χ0v) is 42.1. The minimum absolute atomic E-state index is 0.0367. The number of nitrogen functional groups attached to an aromatic ring is 1. The smallest absolute Gasteiger partial charge is 0.0541 e. The van der Waals surface area contributed by atoms with Crippen molar-refractivity contribution in [3.8, 4) is 33.6 Å². The fourth-order valence-electron chi connectivity index (χ4n) is 11.6. The molecule has 344 valence electrons. The Morgan fingerprint density at radius 2 is 0.761 bits per heavy atom. The molecule has 0 radical (unpaired) electrons. The lowest BCUT2D eigenvalue weighted by molar-refractivity contribution is 0.659. The fourth-order valence-corrected chi connectivity index (χ4v) is 12.0. The Kier molecular flexibility index (Phi) is 10.9.